The Labute approximate surface area is 178 Å². The minimum absolute atomic E-state index is 0.192. The summed E-state index contributed by atoms with van der Waals surface area (Å²) in [5, 5.41) is 0.850. The number of fused-ring (bicyclic) bond motifs is 2. The molecule has 0 aliphatic carbocycles. The molecule has 0 amide bonds. The summed E-state index contributed by atoms with van der Waals surface area (Å²) in [6.07, 6.45) is 1.10. The lowest BCUT2D eigenvalue weighted by molar-refractivity contribution is 0.187. The quantitative estimate of drug-likeness (QED) is 0.586. The topological polar surface area (TPSA) is 77.5 Å². The van der Waals surface area contributed by atoms with E-state index < -0.39 is 21.5 Å². The Hall–Kier alpha value is -2.32. The fourth-order valence-electron chi connectivity index (χ4n) is 3.75. The number of anilines is 1. The number of halogens is 1. The number of aromatic nitrogens is 1. The van der Waals surface area contributed by atoms with E-state index in [1.807, 2.05) is 32.0 Å². The number of hydrogen-bond acceptors (Lipinski definition) is 5. The molecule has 0 spiro atoms. The van der Waals surface area contributed by atoms with Gasteiger partial charge in [-0.25, -0.2) is 8.42 Å². The fourth-order valence-corrected chi connectivity index (χ4v) is 5.82. The largest absolute Gasteiger partial charge is 0.496 e. The number of sulfonamides is 1. The SMILES string of the molecule is COc1c2c(c(Br)c3ncccc13)OC(CS(=O)(=O)Nc1ccccc1)C2(C)C. The van der Waals surface area contributed by atoms with Crippen molar-refractivity contribution < 1.29 is 17.9 Å². The van der Waals surface area contributed by atoms with Crippen molar-refractivity contribution in [3.8, 4) is 11.5 Å². The average Bonchev–Trinajstić information content (AvgIpc) is 2.93. The summed E-state index contributed by atoms with van der Waals surface area (Å²) in [7, 11) is -2.03. The van der Waals surface area contributed by atoms with Crippen molar-refractivity contribution in [1.82, 2.24) is 4.98 Å². The zero-order valence-electron chi connectivity index (χ0n) is 16.3. The Morgan fingerprint density at radius 1 is 1.21 bits per heavy atom. The van der Waals surface area contributed by atoms with Crippen LogP contribution in [-0.2, 0) is 15.4 Å². The summed E-state index contributed by atoms with van der Waals surface area (Å²) in [5.41, 5.74) is 1.48. The molecule has 6 nitrogen and oxygen atoms in total. The summed E-state index contributed by atoms with van der Waals surface area (Å²) in [5.74, 6) is 1.05. The second-order valence-corrected chi connectivity index (χ2v) is 10.1. The fraction of sp³-hybridized carbons (Fsp3) is 0.286. The molecule has 3 aromatic rings. The number of hydrogen-bond donors (Lipinski definition) is 1. The van der Waals surface area contributed by atoms with Crippen LogP contribution in [0.1, 0.15) is 19.4 Å². The molecule has 8 heteroatoms. The van der Waals surface area contributed by atoms with Crippen LogP contribution in [0, 0.1) is 0 Å². The first-order valence-corrected chi connectivity index (χ1v) is 11.6. The zero-order chi connectivity index (χ0) is 20.8. The molecule has 2 aromatic carbocycles. The van der Waals surface area contributed by atoms with Crippen LogP contribution >= 0.6 is 15.9 Å². The Kier molecular flexibility index (Phi) is 4.94. The van der Waals surface area contributed by atoms with Crippen LogP contribution in [0.15, 0.2) is 53.1 Å². The monoisotopic (exact) mass is 476 g/mol. The predicted octanol–water partition coefficient (Wildman–Crippen LogP) is 4.49. The molecule has 0 radical (unpaired) electrons. The smallest absolute Gasteiger partial charge is 0.236 e. The number of pyridine rings is 1. The molecule has 1 aliphatic heterocycles. The third kappa shape index (κ3) is 3.44. The van der Waals surface area contributed by atoms with Gasteiger partial charge in [0.05, 0.1) is 17.1 Å². The molecule has 1 atom stereocenters. The van der Waals surface area contributed by atoms with Crippen molar-refractivity contribution in [3.63, 3.8) is 0 Å². The van der Waals surface area contributed by atoms with Crippen LogP contribution < -0.4 is 14.2 Å². The van der Waals surface area contributed by atoms with Gasteiger partial charge in [0.1, 0.15) is 23.4 Å². The van der Waals surface area contributed by atoms with Gasteiger partial charge in [-0.15, -0.1) is 0 Å². The molecular formula is C21H21BrN2O4S. The van der Waals surface area contributed by atoms with Crippen molar-refractivity contribution in [2.24, 2.45) is 0 Å². The van der Waals surface area contributed by atoms with Crippen LogP contribution in [0.5, 0.6) is 11.5 Å². The summed E-state index contributed by atoms with van der Waals surface area (Å²) in [4.78, 5) is 4.43. The van der Waals surface area contributed by atoms with Gasteiger partial charge in [0, 0.05) is 28.2 Å². The molecule has 0 saturated heterocycles. The standard InChI is InChI=1S/C21H21BrN2O4S/c1-21(2)15(12-29(25,26)24-13-8-5-4-6-9-13)28-20-16(21)19(27-3)14-10-7-11-23-18(14)17(20)22/h4-11,15,24H,12H2,1-3H3. The normalized spacial score (nSPS) is 17.6. The zero-order valence-corrected chi connectivity index (χ0v) is 18.7. The van der Waals surface area contributed by atoms with Crippen LogP contribution in [-0.4, -0.2) is 32.4 Å². The molecule has 0 bridgehead atoms. The number of rotatable bonds is 5. The summed E-state index contributed by atoms with van der Waals surface area (Å²) in [6, 6.07) is 12.6. The van der Waals surface area contributed by atoms with Crippen LogP contribution in [0.25, 0.3) is 10.9 Å². The molecular weight excluding hydrogens is 456 g/mol. The molecule has 152 valence electrons. The van der Waals surface area contributed by atoms with E-state index in [2.05, 4.69) is 25.6 Å². The van der Waals surface area contributed by atoms with Crippen molar-refractivity contribution in [1.29, 1.82) is 0 Å². The van der Waals surface area contributed by atoms with Gasteiger partial charge in [0.25, 0.3) is 0 Å². The second kappa shape index (κ2) is 7.18. The lowest BCUT2D eigenvalue weighted by atomic mass is 9.80. The van der Waals surface area contributed by atoms with Gasteiger partial charge in [-0.1, -0.05) is 32.0 Å². The van der Waals surface area contributed by atoms with Crippen molar-refractivity contribution >= 4 is 42.5 Å². The van der Waals surface area contributed by atoms with Crippen molar-refractivity contribution in [2.45, 2.75) is 25.4 Å². The highest BCUT2D eigenvalue weighted by molar-refractivity contribution is 9.10. The van der Waals surface area contributed by atoms with E-state index in [1.54, 1.807) is 37.6 Å². The van der Waals surface area contributed by atoms with Crippen LogP contribution in [0.4, 0.5) is 5.69 Å². The number of benzene rings is 2. The number of nitrogens with one attached hydrogen (secondary N) is 1. The van der Waals surface area contributed by atoms with Crippen LogP contribution in [0.3, 0.4) is 0 Å². The molecule has 0 saturated carbocycles. The molecule has 29 heavy (non-hydrogen) atoms. The first kappa shape index (κ1) is 20.0. The summed E-state index contributed by atoms with van der Waals surface area (Å²) >= 11 is 3.60. The third-order valence-corrected chi connectivity index (χ3v) is 7.27. The number of ether oxygens (including phenoxy) is 2. The van der Waals surface area contributed by atoms with Crippen molar-refractivity contribution in [2.75, 3.05) is 17.6 Å². The van der Waals surface area contributed by atoms with E-state index in [-0.39, 0.29) is 5.75 Å². The lowest BCUT2D eigenvalue weighted by Crippen LogP contribution is -2.40. The van der Waals surface area contributed by atoms with Gasteiger partial charge in [-0.2, -0.15) is 0 Å². The third-order valence-electron chi connectivity index (χ3n) is 5.25. The lowest BCUT2D eigenvalue weighted by Gasteiger charge is -2.27. The molecule has 1 aliphatic rings. The summed E-state index contributed by atoms with van der Waals surface area (Å²) < 4.78 is 40.9. The Morgan fingerprint density at radius 2 is 1.93 bits per heavy atom. The number of nitrogens with zero attached hydrogens (tertiary/aromatic N) is 1. The van der Waals surface area contributed by atoms with Gasteiger partial charge in [0.2, 0.25) is 10.0 Å². The van der Waals surface area contributed by atoms with Crippen LogP contribution in [0.2, 0.25) is 0 Å². The molecule has 1 aromatic heterocycles. The first-order chi connectivity index (χ1) is 13.7. The molecule has 1 unspecified atom stereocenters. The Morgan fingerprint density at radius 3 is 2.62 bits per heavy atom. The first-order valence-electron chi connectivity index (χ1n) is 9.11. The van der Waals surface area contributed by atoms with Crippen molar-refractivity contribution in [3.05, 3.63) is 58.7 Å². The van der Waals surface area contributed by atoms with Gasteiger partial charge in [-0.05, 0) is 40.2 Å². The van der Waals surface area contributed by atoms with E-state index >= 15 is 0 Å². The van der Waals surface area contributed by atoms with E-state index in [4.69, 9.17) is 9.47 Å². The van der Waals surface area contributed by atoms with E-state index in [1.165, 1.54) is 0 Å². The maximum atomic E-state index is 12.8. The molecule has 4 rings (SSSR count). The highest BCUT2D eigenvalue weighted by Crippen LogP contribution is 2.54. The minimum Gasteiger partial charge on any atom is -0.496 e. The maximum Gasteiger partial charge on any atom is 0.236 e. The minimum atomic E-state index is -3.63. The highest BCUT2D eigenvalue weighted by Gasteiger charge is 2.48. The van der Waals surface area contributed by atoms with Gasteiger partial charge >= 0.3 is 0 Å². The highest BCUT2D eigenvalue weighted by atomic mass is 79.9. The van der Waals surface area contributed by atoms with Gasteiger partial charge in [0.15, 0.2) is 0 Å². The van der Waals surface area contributed by atoms with E-state index in [0.29, 0.717) is 27.2 Å². The maximum absolute atomic E-state index is 12.8. The number of methoxy groups -OCH3 is 1. The molecule has 2 heterocycles. The van der Waals surface area contributed by atoms with Gasteiger partial charge in [-0.3, -0.25) is 9.71 Å². The molecule has 1 N–H and O–H groups in total. The average molecular weight is 477 g/mol. The van der Waals surface area contributed by atoms with Gasteiger partial charge < -0.3 is 9.47 Å². The molecule has 0 fully saturated rings. The second-order valence-electron chi connectivity index (χ2n) is 7.53. The van der Waals surface area contributed by atoms with E-state index in [0.717, 1.165) is 10.9 Å². The van der Waals surface area contributed by atoms with E-state index in [9.17, 15) is 8.42 Å². The Bertz CT molecular complexity index is 1180. The summed E-state index contributed by atoms with van der Waals surface area (Å²) in [6.45, 7) is 3.94. The predicted molar refractivity (Wildman–Crippen MR) is 117 cm³/mol. The number of para-hydroxylation sites is 1. The Balaban J connectivity index is 1.74.